The van der Waals surface area contributed by atoms with Gasteiger partial charge in [-0.05, 0) is 31.2 Å². The van der Waals surface area contributed by atoms with Crippen LogP contribution in [0.15, 0.2) is 40.4 Å². The number of hydrogen-bond acceptors (Lipinski definition) is 5. The summed E-state index contributed by atoms with van der Waals surface area (Å²) < 4.78 is 10.6. The Morgan fingerprint density at radius 2 is 1.86 bits per heavy atom. The first-order valence-electron chi connectivity index (χ1n) is 5.93. The van der Waals surface area contributed by atoms with E-state index < -0.39 is 17.9 Å². The van der Waals surface area contributed by atoms with Gasteiger partial charge in [0.1, 0.15) is 12.4 Å². The van der Waals surface area contributed by atoms with Crippen molar-refractivity contribution in [2.24, 2.45) is 0 Å². The van der Waals surface area contributed by atoms with Crippen LogP contribution in [-0.4, -0.2) is 29.6 Å². The molecule has 0 aliphatic rings. The average molecular weight is 357 g/mol. The van der Waals surface area contributed by atoms with Crippen LogP contribution in [0.2, 0.25) is 0 Å². The maximum absolute atomic E-state index is 11.5. The maximum atomic E-state index is 11.5. The van der Waals surface area contributed by atoms with Gasteiger partial charge in [-0.2, -0.15) is 0 Å². The third-order valence-corrected chi connectivity index (χ3v) is 2.78. The number of benzene rings is 1. The van der Waals surface area contributed by atoms with Gasteiger partial charge >= 0.3 is 17.9 Å². The van der Waals surface area contributed by atoms with E-state index in [2.05, 4.69) is 15.9 Å². The van der Waals surface area contributed by atoms with Crippen molar-refractivity contribution in [3.63, 3.8) is 0 Å². The first-order chi connectivity index (χ1) is 9.88. The average Bonchev–Trinajstić information content (AvgIpc) is 2.40. The molecule has 0 unspecified atom stereocenters. The predicted octanol–water partition coefficient (Wildman–Crippen LogP) is 2.32. The molecule has 0 aliphatic carbocycles. The second-order valence-electron chi connectivity index (χ2n) is 3.98. The molecule has 0 saturated carbocycles. The molecule has 1 N–H and O–H groups in total. The van der Waals surface area contributed by atoms with E-state index in [1.54, 1.807) is 24.3 Å². The lowest BCUT2D eigenvalue weighted by Gasteiger charge is -2.06. The fourth-order valence-electron chi connectivity index (χ4n) is 1.27. The number of aliphatic carboxylic acids is 1. The van der Waals surface area contributed by atoms with Crippen molar-refractivity contribution in [2.75, 3.05) is 6.61 Å². The number of rotatable bonds is 6. The Morgan fingerprint density at radius 3 is 2.43 bits per heavy atom. The second kappa shape index (κ2) is 8.21. The van der Waals surface area contributed by atoms with Crippen molar-refractivity contribution >= 4 is 33.8 Å². The topological polar surface area (TPSA) is 89.9 Å². The molecule has 0 amide bonds. The van der Waals surface area contributed by atoms with Gasteiger partial charge in [0.15, 0.2) is 0 Å². The standard InChI is InChI=1S/C14H13BrO6/c1-9(8-12(16)17)14(19)20-7-6-13(18)21-11-4-2-10(15)3-5-11/h2-5,8H,6-7H2,1H3,(H,16,17)/b9-8+. The Bertz CT molecular complexity index is 561. The minimum Gasteiger partial charge on any atom is -0.478 e. The summed E-state index contributed by atoms with van der Waals surface area (Å²) in [5, 5.41) is 8.47. The van der Waals surface area contributed by atoms with Gasteiger partial charge in [0.05, 0.1) is 6.42 Å². The van der Waals surface area contributed by atoms with E-state index in [0.717, 1.165) is 10.5 Å². The van der Waals surface area contributed by atoms with E-state index >= 15 is 0 Å². The number of carboxylic acid groups (broad SMARTS) is 1. The number of ether oxygens (including phenoxy) is 2. The van der Waals surface area contributed by atoms with Crippen LogP contribution in [0.25, 0.3) is 0 Å². The Kier molecular flexibility index (Phi) is 6.61. The van der Waals surface area contributed by atoms with Crippen molar-refractivity contribution in [3.05, 3.63) is 40.4 Å². The number of carbonyl (C=O) groups excluding carboxylic acids is 2. The number of carbonyl (C=O) groups is 3. The molecular weight excluding hydrogens is 344 g/mol. The molecule has 0 saturated heterocycles. The lowest BCUT2D eigenvalue weighted by molar-refractivity contribution is -0.143. The van der Waals surface area contributed by atoms with Crippen LogP contribution in [0.5, 0.6) is 5.75 Å². The second-order valence-corrected chi connectivity index (χ2v) is 4.90. The summed E-state index contributed by atoms with van der Waals surface area (Å²) in [6, 6.07) is 6.69. The summed E-state index contributed by atoms with van der Waals surface area (Å²) in [4.78, 5) is 33.2. The third kappa shape index (κ3) is 6.71. The van der Waals surface area contributed by atoms with Gasteiger partial charge in [-0.25, -0.2) is 9.59 Å². The summed E-state index contributed by atoms with van der Waals surface area (Å²) in [7, 11) is 0. The molecule has 0 heterocycles. The van der Waals surface area contributed by atoms with E-state index in [-0.39, 0.29) is 18.6 Å². The van der Waals surface area contributed by atoms with E-state index in [1.165, 1.54) is 6.92 Å². The Labute approximate surface area is 129 Å². The van der Waals surface area contributed by atoms with Gasteiger partial charge in [0, 0.05) is 16.1 Å². The molecule has 1 rings (SSSR count). The third-order valence-electron chi connectivity index (χ3n) is 2.25. The molecule has 112 valence electrons. The number of carboxylic acids is 1. The minimum absolute atomic E-state index is 0.0521. The van der Waals surface area contributed by atoms with E-state index in [1.807, 2.05) is 0 Å². The summed E-state index contributed by atoms with van der Waals surface area (Å²) in [5.74, 6) is -2.19. The van der Waals surface area contributed by atoms with E-state index in [4.69, 9.17) is 14.6 Å². The predicted molar refractivity (Wildman–Crippen MR) is 76.7 cm³/mol. The largest absolute Gasteiger partial charge is 0.478 e. The fraction of sp³-hybridized carbons (Fsp3) is 0.214. The highest BCUT2D eigenvalue weighted by molar-refractivity contribution is 9.10. The number of esters is 2. The molecule has 0 radical (unpaired) electrons. The van der Waals surface area contributed by atoms with Crippen LogP contribution in [0, 0.1) is 0 Å². The smallest absolute Gasteiger partial charge is 0.333 e. The van der Waals surface area contributed by atoms with Gasteiger partial charge in [0.25, 0.3) is 0 Å². The highest BCUT2D eigenvalue weighted by Crippen LogP contribution is 2.16. The SMILES string of the molecule is C/C(=C\C(=O)O)C(=O)OCCC(=O)Oc1ccc(Br)cc1. The van der Waals surface area contributed by atoms with Crippen LogP contribution in [0.1, 0.15) is 13.3 Å². The maximum Gasteiger partial charge on any atom is 0.333 e. The van der Waals surface area contributed by atoms with Crippen LogP contribution in [-0.2, 0) is 19.1 Å². The van der Waals surface area contributed by atoms with Gasteiger partial charge < -0.3 is 14.6 Å². The molecule has 7 heteroatoms. The normalized spacial score (nSPS) is 10.9. The Hall–Kier alpha value is -2.15. The molecule has 0 aromatic heterocycles. The molecule has 0 atom stereocenters. The van der Waals surface area contributed by atoms with Crippen LogP contribution >= 0.6 is 15.9 Å². The van der Waals surface area contributed by atoms with Crippen molar-refractivity contribution in [2.45, 2.75) is 13.3 Å². The quantitative estimate of drug-likeness (QED) is 0.477. The van der Waals surface area contributed by atoms with Crippen LogP contribution in [0.3, 0.4) is 0 Å². The lowest BCUT2D eigenvalue weighted by Crippen LogP contribution is -2.14. The number of hydrogen-bond donors (Lipinski definition) is 1. The van der Waals surface area contributed by atoms with Gasteiger partial charge in [0.2, 0.25) is 0 Å². The summed E-state index contributed by atoms with van der Waals surface area (Å²) in [6.45, 7) is 1.13. The van der Waals surface area contributed by atoms with Gasteiger partial charge in [-0.1, -0.05) is 15.9 Å². The highest BCUT2D eigenvalue weighted by atomic mass is 79.9. The first kappa shape index (κ1) is 16.9. The molecule has 0 bridgehead atoms. The molecule has 21 heavy (non-hydrogen) atoms. The minimum atomic E-state index is -1.24. The van der Waals surface area contributed by atoms with Crippen molar-refractivity contribution in [1.82, 2.24) is 0 Å². The molecule has 1 aromatic carbocycles. The molecule has 0 aliphatic heterocycles. The van der Waals surface area contributed by atoms with Gasteiger partial charge in [-0.15, -0.1) is 0 Å². The van der Waals surface area contributed by atoms with Crippen molar-refractivity contribution in [1.29, 1.82) is 0 Å². The van der Waals surface area contributed by atoms with E-state index in [0.29, 0.717) is 5.75 Å². The molecule has 0 fully saturated rings. The monoisotopic (exact) mass is 356 g/mol. The van der Waals surface area contributed by atoms with E-state index in [9.17, 15) is 14.4 Å². The van der Waals surface area contributed by atoms with Crippen molar-refractivity contribution < 1.29 is 29.0 Å². The zero-order valence-corrected chi connectivity index (χ0v) is 12.8. The van der Waals surface area contributed by atoms with Crippen LogP contribution in [0.4, 0.5) is 0 Å². The highest BCUT2D eigenvalue weighted by Gasteiger charge is 2.10. The number of halogens is 1. The zero-order chi connectivity index (χ0) is 15.8. The van der Waals surface area contributed by atoms with Crippen molar-refractivity contribution in [3.8, 4) is 5.75 Å². The zero-order valence-electron chi connectivity index (χ0n) is 11.2. The van der Waals surface area contributed by atoms with Gasteiger partial charge in [-0.3, -0.25) is 4.79 Å². The summed E-state index contributed by atoms with van der Waals surface area (Å²) in [6.07, 6.45) is 0.616. The molecular formula is C14H13BrO6. The summed E-state index contributed by atoms with van der Waals surface area (Å²) >= 11 is 3.25. The molecule has 1 aromatic rings. The lowest BCUT2D eigenvalue weighted by atomic mass is 10.3. The Morgan fingerprint density at radius 1 is 1.24 bits per heavy atom. The molecule has 0 spiro atoms. The summed E-state index contributed by atoms with van der Waals surface area (Å²) in [5.41, 5.74) is -0.0521. The first-order valence-corrected chi connectivity index (χ1v) is 6.72. The fourth-order valence-corrected chi connectivity index (χ4v) is 1.53. The van der Waals surface area contributed by atoms with Crippen LogP contribution < -0.4 is 4.74 Å². The Balaban J connectivity index is 2.35. The molecule has 6 nitrogen and oxygen atoms in total.